The second kappa shape index (κ2) is 9.56. The van der Waals surface area contributed by atoms with Crippen LogP contribution < -0.4 is 15.4 Å². The molecule has 7 nitrogen and oxygen atoms in total. The number of amides is 1. The first kappa shape index (κ1) is 22.1. The zero-order valence-electron chi connectivity index (χ0n) is 18.4. The fourth-order valence-electron chi connectivity index (χ4n) is 3.77. The first-order valence-corrected chi connectivity index (χ1v) is 11.5. The molecule has 1 aliphatic rings. The highest BCUT2D eigenvalue weighted by atomic mass is 79.9. The van der Waals surface area contributed by atoms with E-state index in [0.717, 1.165) is 45.6 Å². The van der Waals surface area contributed by atoms with Gasteiger partial charge in [-0.1, -0.05) is 47.5 Å². The van der Waals surface area contributed by atoms with Crippen LogP contribution in [0.15, 0.2) is 64.5 Å². The maximum absolute atomic E-state index is 13.6. The number of aromatic nitrogens is 3. The quantitative estimate of drug-likeness (QED) is 0.425. The Kier molecular flexibility index (Phi) is 6.60. The number of para-hydroxylation sites is 1. The number of benzene rings is 2. The lowest BCUT2D eigenvalue weighted by molar-refractivity contribution is -0.113. The number of unbranched alkanes of at least 4 members (excludes halogenated alkanes) is 1. The Labute approximate surface area is 196 Å². The van der Waals surface area contributed by atoms with Crippen LogP contribution >= 0.6 is 15.9 Å². The molecule has 3 aromatic rings. The van der Waals surface area contributed by atoms with Gasteiger partial charge in [0.2, 0.25) is 5.95 Å². The van der Waals surface area contributed by atoms with Gasteiger partial charge in [-0.15, -0.1) is 0 Å². The molecule has 0 bridgehead atoms. The second-order valence-electron chi connectivity index (χ2n) is 7.75. The van der Waals surface area contributed by atoms with Crippen molar-refractivity contribution < 1.29 is 9.53 Å². The van der Waals surface area contributed by atoms with Crippen molar-refractivity contribution in [3.8, 4) is 5.75 Å². The maximum Gasteiger partial charge on any atom is 0.255 e. The molecule has 2 heterocycles. The van der Waals surface area contributed by atoms with Crippen LogP contribution in [0.4, 0.5) is 11.6 Å². The molecule has 0 spiro atoms. The summed E-state index contributed by atoms with van der Waals surface area (Å²) in [5, 5.41) is 10.7. The number of rotatable bonds is 7. The first-order valence-electron chi connectivity index (χ1n) is 10.7. The van der Waals surface area contributed by atoms with Crippen molar-refractivity contribution in [3.63, 3.8) is 0 Å². The molecule has 0 aliphatic carbocycles. The average Bonchev–Trinajstić information content (AvgIpc) is 3.23. The summed E-state index contributed by atoms with van der Waals surface area (Å²) in [6, 6.07) is 13.1. The van der Waals surface area contributed by atoms with Gasteiger partial charge in [0.05, 0.1) is 12.2 Å². The van der Waals surface area contributed by atoms with Gasteiger partial charge >= 0.3 is 0 Å². The van der Waals surface area contributed by atoms with Crippen molar-refractivity contribution in [1.82, 2.24) is 14.8 Å². The minimum Gasteiger partial charge on any atom is -0.493 e. The van der Waals surface area contributed by atoms with Crippen molar-refractivity contribution in [1.29, 1.82) is 0 Å². The SMILES string of the molecule is CCCCOc1ccc(Br)cc1C1C(C(=O)Nc2ccccc2C)=C(C)Nc2ncnn21. The molecule has 1 amide bonds. The number of hydrogen-bond donors (Lipinski definition) is 2. The fraction of sp³-hybridized carbons (Fsp3) is 0.292. The van der Waals surface area contributed by atoms with Gasteiger partial charge in [-0.05, 0) is 50.1 Å². The van der Waals surface area contributed by atoms with Gasteiger partial charge < -0.3 is 15.4 Å². The van der Waals surface area contributed by atoms with E-state index in [1.54, 1.807) is 4.68 Å². The first-order chi connectivity index (χ1) is 15.5. The molecule has 2 aromatic carbocycles. The summed E-state index contributed by atoms with van der Waals surface area (Å²) in [6.45, 7) is 6.58. The number of anilines is 2. The molecule has 0 saturated heterocycles. The summed E-state index contributed by atoms with van der Waals surface area (Å²) in [4.78, 5) is 17.9. The maximum atomic E-state index is 13.6. The third-order valence-electron chi connectivity index (χ3n) is 5.45. The second-order valence-corrected chi connectivity index (χ2v) is 8.66. The summed E-state index contributed by atoms with van der Waals surface area (Å²) in [5.74, 6) is 1.11. The lowest BCUT2D eigenvalue weighted by Gasteiger charge is -2.30. The Hall–Kier alpha value is -3.13. The van der Waals surface area contributed by atoms with Crippen LogP contribution in [0.1, 0.15) is 43.9 Å². The molecule has 0 radical (unpaired) electrons. The number of carbonyl (C=O) groups is 1. The van der Waals surface area contributed by atoms with Crippen LogP contribution in [0.25, 0.3) is 0 Å². The Bertz CT molecular complexity index is 1170. The van der Waals surface area contributed by atoms with Gasteiger partial charge in [-0.2, -0.15) is 10.1 Å². The van der Waals surface area contributed by atoms with Crippen molar-refractivity contribution in [2.45, 2.75) is 39.7 Å². The number of hydrogen-bond acceptors (Lipinski definition) is 5. The molecular weight excluding hydrogens is 470 g/mol. The zero-order valence-corrected chi connectivity index (χ0v) is 19.9. The highest BCUT2D eigenvalue weighted by Gasteiger charge is 2.35. The standard InChI is InChI=1S/C24H26BrN5O2/c1-4-5-12-32-20-11-10-17(25)13-18(20)22-21(16(3)28-24-26-14-27-30(22)24)23(31)29-19-9-7-6-8-15(19)2/h6-11,13-14,22H,4-5,12H2,1-3H3,(H,29,31)(H,26,27,28). The normalized spacial score (nSPS) is 15.2. The summed E-state index contributed by atoms with van der Waals surface area (Å²) < 4.78 is 8.75. The molecule has 1 aliphatic heterocycles. The number of fused-ring (bicyclic) bond motifs is 1. The van der Waals surface area contributed by atoms with Crippen molar-refractivity contribution >= 4 is 33.5 Å². The molecule has 1 unspecified atom stereocenters. The van der Waals surface area contributed by atoms with Crippen molar-refractivity contribution in [3.05, 3.63) is 75.7 Å². The van der Waals surface area contributed by atoms with E-state index in [9.17, 15) is 4.79 Å². The Morgan fingerprint density at radius 3 is 2.84 bits per heavy atom. The number of aryl methyl sites for hydroxylation is 1. The molecule has 1 aromatic heterocycles. The predicted octanol–water partition coefficient (Wildman–Crippen LogP) is 5.46. The van der Waals surface area contributed by atoms with E-state index in [-0.39, 0.29) is 5.91 Å². The third-order valence-corrected chi connectivity index (χ3v) is 5.95. The summed E-state index contributed by atoms with van der Waals surface area (Å²) >= 11 is 3.58. The van der Waals surface area contributed by atoms with Gasteiger partial charge in [0.25, 0.3) is 5.91 Å². The molecule has 166 valence electrons. The van der Waals surface area contributed by atoms with Crippen LogP contribution in [0.3, 0.4) is 0 Å². The van der Waals surface area contributed by atoms with E-state index in [0.29, 0.717) is 18.1 Å². The Morgan fingerprint density at radius 1 is 1.25 bits per heavy atom. The minimum absolute atomic E-state index is 0.199. The van der Waals surface area contributed by atoms with Gasteiger partial charge in [0.1, 0.15) is 18.1 Å². The smallest absolute Gasteiger partial charge is 0.255 e. The average molecular weight is 496 g/mol. The Morgan fingerprint density at radius 2 is 2.06 bits per heavy atom. The third kappa shape index (κ3) is 4.41. The van der Waals surface area contributed by atoms with Crippen LogP contribution in [0.2, 0.25) is 0 Å². The van der Waals surface area contributed by atoms with Gasteiger partial charge in [-0.25, -0.2) is 4.68 Å². The monoisotopic (exact) mass is 495 g/mol. The van der Waals surface area contributed by atoms with E-state index >= 15 is 0 Å². The zero-order chi connectivity index (χ0) is 22.7. The van der Waals surface area contributed by atoms with E-state index < -0.39 is 6.04 Å². The Balaban J connectivity index is 1.79. The lowest BCUT2D eigenvalue weighted by atomic mass is 9.94. The topological polar surface area (TPSA) is 81.1 Å². The van der Waals surface area contributed by atoms with Crippen LogP contribution in [0, 0.1) is 6.92 Å². The van der Waals surface area contributed by atoms with E-state index in [1.165, 1.54) is 6.33 Å². The fourth-order valence-corrected chi connectivity index (χ4v) is 4.15. The predicted molar refractivity (Wildman–Crippen MR) is 129 cm³/mol. The molecule has 0 fully saturated rings. The van der Waals surface area contributed by atoms with Crippen molar-refractivity contribution in [2.75, 3.05) is 17.2 Å². The molecule has 8 heteroatoms. The van der Waals surface area contributed by atoms with E-state index in [2.05, 4.69) is 43.6 Å². The van der Waals surface area contributed by atoms with E-state index in [1.807, 2.05) is 56.3 Å². The number of nitrogens with one attached hydrogen (secondary N) is 2. The highest BCUT2D eigenvalue weighted by molar-refractivity contribution is 9.10. The van der Waals surface area contributed by atoms with Crippen LogP contribution in [0.5, 0.6) is 5.75 Å². The number of carbonyl (C=O) groups excluding carboxylic acids is 1. The van der Waals surface area contributed by atoms with Crippen LogP contribution in [-0.4, -0.2) is 27.3 Å². The molecule has 32 heavy (non-hydrogen) atoms. The van der Waals surface area contributed by atoms with Gasteiger partial charge in [0, 0.05) is 21.4 Å². The van der Waals surface area contributed by atoms with Gasteiger partial charge in [-0.3, -0.25) is 4.79 Å². The largest absolute Gasteiger partial charge is 0.493 e. The molecule has 4 rings (SSSR count). The number of ether oxygens (including phenoxy) is 1. The minimum atomic E-state index is -0.494. The number of allylic oxidation sites excluding steroid dienone is 1. The van der Waals surface area contributed by atoms with Crippen LogP contribution in [-0.2, 0) is 4.79 Å². The van der Waals surface area contributed by atoms with Crippen molar-refractivity contribution in [2.24, 2.45) is 0 Å². The molecular formula is C24H26BrN5O2. The summed E-state index contributed by atoms with van der Waals surface area (Å²) in [5.41, 5.74) is 3.89. The van der Waals surface area contributed by atoms with E-state index in [4.69, 9.17) is 4.74 Å². The molecule has 0 saturated carbocycles. The highest BCUT2D eigenvalue weighted by Crippen LogP contribution is 2.40. The molecule has 2 N–H and O–H groups in total. The number of halogens is 1. The molecule has 1 atom stereocenters. The number of nitrogens with zero attached hydrogens (tertiary/aromatic N) is 3. The summed E-state index contributed by atoms with van der Waals surface area (Å²) in [6.07, 6.45) is 3.47. The lowest BCUT2D eigenvalue weighted by Crippen LogP contribution is -2.32. The van der Waals surface area contributed by atoms with Gasteiger partial charge in [0.15, 0.2) is 0 Å². The summed E-state index contributed by atoms with van der Waals surface area (Å²) in [7, 11) is 0.